The zero-order chi connectivity index (χ0) is 47.9. The van der Waals surface area contributed by atoms with Crippen molar-refractivity contribution in [3.63, 3.8) is 0 Å². The first-order valence-corrected chi connectivity index (χ1v) is 27.3. The van der Waals surface area contributed by atoms with E-state index in [1.807, 2.05) is 130 Å². The fourth-order valence-corrected chi connectivity index (χ4v) is 7.02. The molecule has 12 heteroatoms. The topological polar surface area (TPSA) is 77.3 Å². The number of aromatic nitrogens is 6. The first-order valence-electron chi connectivity index (χ1n) is 22.2. The van der Waals surface area contributed by atoms with Gasteiger partial charge in [-0.15, -0.1) is 34.0 Å². The molecular formula is C48H90N6S6. The molecular weight excluding hydrogens is 853 g/mol. The summed E-state index contributed by atoms with van der Waals surface area (Å²) in [4.78, 5) is 15.0. The third-order valence-electron chi connectivity index (χ3n) is 6.20. The van der Waals surface area contributed by atoms with Gasteiger partial charge in [0.1, 0.15) is 0 Å². The lowest BCUT2D eigenvalue weighted by atomic mass is 10.1. The number of rotatable bonds is 6. The predicted molar refractivity (Wildman–Crippen MR) is 285 cm³/mol. The summed E-state index contributed by atoms with van der Waals surface area (Å²) in [7, 11) is 0. The maximum absolute atomic E-state index is 4.16. The molecule has 60 heavy (non-hydrogen) atoms. The summed E-state index contributed by atoms with van der Waals surface area (Å²) in [6.45, 7) is 49.9. The molecule has 0 saturated carbocycles. The van der Waals surface area contributed by atoms with Crippen molar-refractivity contribution in [1.82, 2.24) is 28.1 Å². The molecule has 6 heterocycles. The third kappa shape index (κ3) is 41.1. The van der Waals surface area contributed by atoms with Gasteiger partial charge in [0.05, 0.1) is 27.4 Å². The van der Waals surface area contributed by atoms with Gasteiger partial charge in [0, 0.05) is 62.0 Å². The van der Waals surface area contributed by atoms with Gasteiger partial charge >= 0.3 is 0 Å². The van der Waals surface area contributed by atoms with Gasteiger partial charge in [-0.2, -0.15) is 4.37 Å². The number of nitrogens with zero attached hydrogens (tertiary/aromatic N) is 6. The highest BCUT2D eigenvalue weighted by molar-refractivity contribution is 7.10. The van der Waals surface area contributed by atoms with Crippen LogP contribution in [-0.2, 0) is 0 Å². The molecule has 0 fully saturated rings. The summed E-state index contributed by atoms with van der Waals surface area (Å²) in [6.07, 6.45) is 7.55. The van der Waals surface area contributed by atoms with E-state index in [9.17, 15) is 0 Å². The SMILES string of the molecule is CC.CC.CC.CC.CC.CC.CC(C)c1ccns1.CC(C)c1ccsn1.CC(C)c1cncs1.CC(C)c1cnsc1.CC(C)c1cscn1.CC(C)c1nccs1. The van der Waals surface area contributed by atoms with E-state index < -0.39 is 0 Å². The van der Waals surface area contributed by atoms with Crippen LogP contribution in [0.25, 0.3) is 0 Å². The minimum atomic E-state index is 0.584. The van der Waals surface area contributed by atoms with E-state index >= 15 is 0 Å². The van der Waals surface area contributed by atoms with Crippen molar-refractivity contribution >= 4 is 68.6 Å². The summed E-state index contributed by atoms with van der Waals surface area (Å²) in [5.74, 6) is 3.68. The van der Waals surface area contributed by atoms with Crippen molar-refractivity contribution in [3.8, 4) is 0 Å². The minimum Gasteiger partial charge on any atom is -0.253 e. The van der Waals surface area contributed by atoms with Gasteiger partial charge in [-0.1, -0.05) is 166 Å². The quantitative estimate of drug-likeness (QED) is 0.166. The minimum absolute atomic E-state index is 0.584. The summed E-state index contributed by atoms with van der Waals surface area (Å²) >= 11 is 9.71. The first kappa shape index (κ1) is 69.5. The van der Waals surface area contributed by atoms with Gasteiger partial charge in [-0.3, -0.25) is 4.98 Å². The Morgan fingerprint density at radius 2 is 1.02 bits per heavy atom. The third-order valence-corrected chi connectivity index (χ3v) is 11.2. The Bertz CT molecular complexity index is 1160. The number of thiazole rings is 3. The highest BCUT2D eigenvalue weighted by Crippen LogP contribution is 2.18. The van der Waals surface area contributed by atoms with Gasteiger partial charge in [0.2, 0.25) is 0 Å². The van der Waals surface area contributed by atoms with Crippen LogP contribution in [0.2, 0.25) is 0 Å². The van der Waals surface area contributed by atoms with Gasteiger partial charge in [0.15, 0.2) is 0 Å². The highest BCUT2D eigenvalue weighted by atomic mass is 32.1. The molecule has 0 aliphatic carbocycles. The fraction of sp³-hybridized carbons (Fsp3) is 0.625. The highest BCUT2D eigenvalue weighted by Gasteiger charge is 2.00. The second kappa shape index (κ2) is 52.9. The van der Waals surface area contributed by atoms with Crippen LogP contribution >= 0.6 is 68.6 Å². The molecule has 0 spiro atoms. The Morgan fingerprint density at radius 3 is 1.22 bits per heavy atom. The van der Waals surface area contributed by atoms with Crippen LogP contribution in [0.4, 0.5) is 0 Å². The van der Waals surface area contributed by atoms with E-state index in [0.717, 1.165) is 0 Å². The van der Waals surface area contributed by atoms with Gasteiger partial charge < -0.3 is 0 Å². The molecule has 6 aromatic rings. The number of hydrogen-bond donors (Lipinski definition) is 0. The van der Waals surface area contributed by atoms with Crippen molar-refractivity contribution in [2.24, 2.45) is 0 Å². The summed E-state index contributed by atoms with van der Waals surface area (Å²) in [6, 6.07) is 4.13. The number of hydrogen-bond acceptors (Lipinski definition) is 12. The van der Waals surface area contributed by atoms with Crippen molar-refractivity contribution < 1.29 is 0 Å². The molecule has 0 aliphatic rings. The Balaban J connectivity index is -0.000000139. The average Bonchev–Trinajstić information content (AvgIpc) is 4.14. The summed E-state index contributed by atoms with van der Waals surface area (Å²) in [5.41, 5.74) is 7.49. The molecule has 0 bridgehead atoms. The molecule has 0 amide bonds. The van der Waals surface area contributed by atoms with E-state index in [-0.39, 0.29) is 0 Å². The van der Waals surface area contributed by atoms with Crippen LogP contribution in [0.5, 0.6) is 0 Å². The van der Waals surface area contributed by atoms with E-state index in [1.165, 1.54) is 54.8 Å². The van der Waals surface area contributed by atoms with Crippen molar-refractivity contribution in [1.29, 1.82) is 0 Å². The van der Waals surface area contributed by atoms with Crippen molar-refractivity contribution in [2.45, 2.75) is 202 Å². The maximum Gasteiger partial charge on any atom is 0.0950 e. The van der Waals surface area contributed by atoms with Crippen LogP contribution in [-0.4, -0.2) is 28.1 Å². The van der Waals surface area contributed by atoms with Gasteiger partial charge in [-0.05, 0) is 81.9 Å². The molecule has 0 N–H and O–H groups in total. The second-order valence-electron chi connectivity index (χ2n) is 12.4. The molecule has 0 unspecified atom stereocenters. The normalized spacial score (nSPS) is 8.90. The molecule has 0 saturated heterocycles. The monoisotopic (exact) mass is 943 g/mol. The molecule has 6 aromatic heterocycles. The van der Waals surface area contributed by atoms with Crippen molar-refractivity contribution in [3.05, 3.63) is 101 Å². The molecule has 0 radical (unpaired) electrons. The molecule has 0 aliphatic heterocycles. The Labute approximate surface area is 396 Å². The molecule has 0 aromatic carbocycles. The molecule has 348 valence electrons. The van der Waals surface area contributed by atoms with E-state index in [2.05, 4.69) is 134 Å². The fourth-order valence-electron chi connectivity index (χ4n) is 3.08. The first-order chi connectivity index (χ1) is 28.8. The molecule has 0 atom stereocenters. The lowest BCUT2D eigenvalue weighted by Crippen LogP contribution is -1.83. The van der Waals surface area contributed by atoms with E-state index in [1.54, 1.807) is 45.5 Å². The summed E-state index contributed by atoms with van der Waals surface area (Å²) < 4.78 is 12.1. The van der Waals surface area contributed by atoms with Crippen LogP contribution in [0.3, 0.4) is 0 Å². The van der Waals surface area contributed by atoms with Crippen LogP contribution in [0, 0.1) is 0 Å². The Morgan fingerprint density at radius 1 is 0.450 bits per heavy atom. The van der Waals surface area contributed by atoms with Gasteiger partial charge in [-0.25, -0.2) is 18.7 Å². The van der Waals surface area contributed by atoms with E-state index in [0.29, 0.717) is 35.5 Å². The van der Waals surface area contributed by atoms with Crippen molar-refractivity contribution in [2.75, 3.05) is 0 Å². The van der Waals surface area contributed by atoms with E-state index in [4.69, 9.17) is 0 Å². The largest absolute Gasteiger partial charge is 0.253 e. The lowest BCUT2D eigenvalue weighted by Gasteiger charge is -1.94. The Hall–Kier alpha value is -2.22. The predicted octanol–water partition coefficient (Wildman–Crippen LogP) is 19.8. The van der Waals surface area contributed by atoms with Gasteiger partial charge in [0.25, 0.3) is 0 Å². The molecule has 6 rings (SSSR count). The van der Waals surface area contributed by atoms with Crippen LogP contribution in [0.15, 0.2) is 69.5 Å². The Kier molecular flexibility index (Phi) is 61.3. The maximum atomic E-state index is 4.16. The lowest BCUT2D eigenvalue weighted by molar-refractivity contribution is 0.833. The average molecular weight is 944 g/mol. The zero-order valence-corrected chi connectivity index (χ0v) is 47.4. The smallest absolute Gasteiger partial charge is 0.0950 e. The second-order valence-corrected chi connectivity index (χ2v) is 17.2. The van der Waals surface area contributed by atoms with Crippen LogP contribution in [0.1, 0.15) is 233 Å². The molecule has 6 nitrogen and oxygen atoms in total. The standard InChI is InChI=1S/6C6H9NS.6C2H6/c1-5(2)6-3-8-4-7-6;1-5(2)6-3-7-4-8-6;1-5(2)6-3-7-8-4-6;1-5(2)6-7-3-4-8-6;1-5(2)6-3-4-8-7-6;1-5(2)6-3-4-7-8-6;6*1-2/h6*3-5H,1-2H3;6*1-2H3. The van der Waals surface area contributed by atoms with Crippen LogP contribution < -0.4 is 0 Å². The zero-order valence-electron chi connectivity index (χ0n) is 42.5. The summed E-state index contributed by atoms with van der Waals surface area (Å²) in [5, 5.41) is 9.42.